The van der Waals surface area contributed by atoms with Crippen LogP contribution in [0, 0.1) is 0 Å². The third-order valence-corrected chi connectivity index (χ3v) is 5.30. The van der Waals surface area contributed by atoms with Gasteiger partial charge in [-0.3, -0.25) is 0 Å². The van der Waals surface area contributed by atoms with Gasteiger partial charge in [-0.05, 0) is 37.3 Å². The molecule has 0 saturated carbocycles. The Morgan fingerprint density at radius 1 is 1.00 bits per heavy atom. The largest absolute Gasteiger partial charge is 0.506 e. The molecule has 1 aromatic carbocycles. The quantitative estimate of drug-likeness (QED) is 0.562. The zero-order valence-corrected chi connectivity index (χ0v) is 13.4. The van der Waals surface area contributed by atoms with Gasteiger partial charge in [-0.1, -0.05) is 30.3 Å². The third kappa shape index (κ3) is 6.78. The molecule has 0 atom stereocenters. The number of benzene rings is 1. The van der Waals surface area contributed by atoms with Crippen LogP contribution in [0.25, 0.3) is 0 Å². The average molecular weight is 317 g/mol. The molecule has 0 aliphatic rings. The summed E-state index contributed by atoms with van der Waals surface area (Å²) >= 11 is 0. The van der Waals surface area contributed by atoms with Crippen LogP contribution < -0.4 is 0 Å². The summed E-state index contributed by atoms with van der Waals surface area (Å²) in [5, 5.41) is 0. The zero-order chi connectivity index (χ0) is 14.4. The van der Waals surface area contributed by atoms with Crippen molar-refractivity contribution in [1.82, 2.24) is 0 Å². The van der Waals surface area contributed by atoms with Gasteiger partial charge in [-0.25, -0.2) is 0 Å². The maximum absolute atomic E-state index is 5.78. The maximum atomic E-state index is 5.78. The van der Waals surface area contributed by atoms with Crippen LogP contribution in [0.1, 0.15) is 26.3 Å². The Hall–Kier alpha value is -0.506. The van der Waals surface area contributed by atoms with Crippen molar-refractivity contribution in [2.45, 2.75) is 32.4 Å². The summed E-state index contributed by atoms with van der Waals surface area (Å²) in [5.74, 6) is 0. The van der Waals surface area contributed by atoms with Gasteiger partial charge in [-0.15, -0.1) is 0 Å². The monoisotopic (exact) mass is 316 g/mol. The van der Waals surface area contributed by atoms with Crippen molar-refractivity contribution in [3.63, 3.8) is 0 Å². The Kier molecular flexibility index (Phi) is 8.49. The Morgan fingerprint density at radius 2 is 1.55 bits per heavy atom. The van der Waals surface area contributed by atoms with E-state index in [-0.39, 0.29) is 23.4 Å². The molecule has 0 radical (unpaired) electrons. The van der Waals surface area contributed by atoms with E-state index >= 15 is 0 Å². The van der Waals surface area contributed by atoms with Gasteiger partial charge in [0.2, 0.25) is 0 Å². The van der Waals surface area contributed by atoms with Crippen LogP contribution in [0.15, 0.2) is 30.3 Å². The molecule has 0 bridgehead atoms. The number of hydrogen-bond acceptors (Lipinski definition) is 4. The fraction of sp³-hybridized carbons (Fsp3) is 0.571. The van der Waals surface area contributed by atoms with Gasteiger partial charge in [0.1, 0.15) is 6.79 Å². The predicted molar refractivity (Wildman–Crippen MR) is 88.0 cm³/mol. The number of hydrogen-bond donors (Lipinski definition) is 0. The highest BCUT2D eigenvalue weighted by Gasteiger charge is 2.39. The van der Waals surface area contributed by atoms with Gasteiger partial charge in [0, 0.05) is 20.3 Å². The minimum atomic E-state index is -2.71. The van der Waals surface area contributed by atoms with Crippen molar-refractivity contribution >= 4 is 19.8 Å². The molecule has 1 rings (SSSR count). The topological polar surface area (TPSA) is 36.9 Å². The smallest absolute Gasteiger partial charge is 0.377 e. The van der Waals surface area contributed by atoms with Crippen LogP contribution in [-0.4, -0.2) is 46.4 Å². The maximum Gasteiger partial charge on any atom is 0.506 e. The third-order valence-electron chi connectivity index (χ3n) is 2.66. The summed E-state index contributed by atoms with van der Waals surface area (Å²) in [6, 6.07) is 10.7. The first-order valence-corrected chi connectivity index (χ1v) is 8.26. The Balaban J connectivity index is 0.00000361. The van der Waals surface area contributed by atoms with Crippen LogP contribution in [0.3, 0.4) is 0 Å². The molecule has 4 nitrogen and oxygen atoms in total. The minimum absolute atomic E-state index is 0. The molecule has 0 N–H and O–H groups in total. The standard InChI is InChI=1S/C14H24O4Si.H4Si/c1-14(2,3)17-12-18-19(15-4,16-5)11-13-9-7-6-8-10-13;/h6-10H,11-12H2,1-5H3;1H4. The molecular formula is C14H28O4Si2. The van der Waals surface area contributed by atoms with E-state index in [0.717, 1.165) is 5.56 Å². The molecule has 6 heteroatoms. The van der Waals surface area contributed by atoms with Crippen molar-refractivity contribution in [1.29, 1.82) is 0 Å². The average Bonchev–Trinajstić information content (AvgIpc) is 2.37. The highest BCUT2D eigenvalue weighted by molar-refractivity contribution is 6.60. The summed E-state index contributed by atoms with van der Waals surface area (Å²) < 4.78 is 22.4. The van der Waals surface area contributed by atoms with Crippen molar-refractivity contribution in [2.24, 2.45) is 0 Å². The number of ether oxygens (including phenoxy) is 1. The van der Waals surface area contributed by atoms with Crippen molar-refractivity contribution < 1.29 is 18.0 Å². The predicted octanol–water partition coefficient (Wildman–Crippen LogP) is 1.34. The molecule has 0 unspecified atom stereocenters. The van der Waals surface area contributed by atoms with E-state index in [0.29, 0.717) is 6.04 Å². The van der Waals surface area contributed by atoms with Gasteiger partial charge in [0.25, 0.3) is 0 Å². The first kappa shape index (κ1) is 19.5. The van der Waals surface area contributed by atoms with Crippen molar-refractivity contribution in [2.75, 3.05) is 21.0 Å². The molecule has 0 aliphatic heterocycles. The molecule has 1 aromatic rings. The SMILES string of the molecule is CO[Si](Cc1ccccc1)(OC)OCOC(C)(C)C.[SiH4]. The Labute approximate surface area is 127 Å². The highest BCUT2D eigenvalue weighted by atomic mass is 28.4. The van der Waals surface area contributed by atoms with Crippen LogP contribution >= 0.6 is 0 Å². The lowest BCUT2D eigenvalue weighted by molar-refractivity contribution is -0.101. The molecule has 20 heavy (non-hydrogen) atoms. The van der Waals surface area contributed by atoms with Gasteiger partial charge < -0.3 is 18.0 Å². The van der Waals surface area contributed by atoms with Crippen molar-refractivity contribution in [3.05, 3.63) is 35.9 Å². The molecule has 0 aliphatic carbocycles. The normalized spacial score (nSPS) is 12.1. The summed E-state index contributed by atoms with van der Waals surface area (Å²) in [6.45, 7) is 6.12. The summed E-state index contributed by atoms with van der Waals surface area (Å²) in [6.07, 6.45) is 0. The number of rotatable bonds is 7. The zero-order valence-electron chi connectivity index (χ0n) is 12.4. The Morgan fingerprint density at radius 3 is 2.00 bits per heavy atom. The molecule has 116 valence electrons. The molecule has 0 heterocycles. The van der Waals surface area contributed by atoms with E-state index in [1.807, 2.05) is 51.1 Å². The van der Waals surface area contributed by atoms with Gasteiger partial charge in [-0.2, -0.15) is 0 Å². The van der Waals surface area contributed by atoms with E-state index in [9.17, 15) is 0 Å². The van der Waals surface area contributed by atoms with Gasteiger partial charge in [0.05, 0.1) is 5.60 Å². The molecule has 0 fully saturated rings. The van der Waals surface area contributed by atoms with E-state index in [4.69, 9.17) is 18.0 Å². The summed E-state index contributed by atoms with van der Waals surface area (Å²) in [7, 11) is 0.533. The van der Waals surface area contributed by atoms with Crippen LogP contribution in [0.5, 0.6) is 0 Å². The molecule has 0 amide bonds. The first-order valence-electron chi connectivity index (χ1n) is 6.33. The second kappa shape index (κ2) is 8.71. The van der Waals surface area contributed by atoms with Gasteiger partial charge >= 0.3 is 8.80 Å². The van der Waals surface area contributed by atoms with Crippen LogP contribution in [-0.2, 0) is 24.1 Å². The molecule has 0 saturated heterocycles. The van der Waals surface area contributed by atoms with Gasteiger partial charge in [0.15, 0.2) is 0 Å². The second-order valence-corrected chi connectivity index (χ2v) is 8.10. The molecule has 0 aromatic heterocycles. The summed E-state index contributed by atoms with van der Waals surface area (Å²) in [5.41, 5.74) is 0.891. The lowest BCUT2D eigenvalue weighted by Crippen LogP contribution is -2.47. The van der Waals surface area contributed by atoms with Crippen molar-refractivity contribution in [3.8, 4) is 0 Å². The van der Waals surface area contributed by atoms with E-state index in [2.05, 4.69) is 0 Å². The fourth-order valence-electron chi connectivity index (χ4n) is 1.54. The van der Waals surface area contributed by atoms with E-state index in [1.165, 1.54) is 0 Å². The van der Waals surface area contributed by atoms with Crippen LogP contribution in [0.2, 0.25) is 0 Å². The minimum Gasteiger partial charge on any atom is -0.377 e. The first-order chi connectivity index (χ1) is 8.91. The molecule has 0 spiro atoms. The Bertz CT molecular complexity index is 361. The summed E-state index contributed by atoms with van der Waals surface area (Å²) in [4.78, 5) is 0. The second-order valence-electron chi connectivity index (χ2n) is 5.27. The van der Waals surface area contributed by atoms with E-state index < -0.39 is 8.80 Å². The fourth-order valence-corrected chi connectivity index (χ4v) is 3.31. The van der Waals surface area contributed by atoms with Crippen LogP contribution in [0.4, 0.5) is 0 Å². The lowest BCUT2D eigenvalue weighted by atomic mass is 10.2. The van der Waals surface area contributed by atoms with E-state index in [1.54, 1.807) is 14.2 Å². The lowest BCUT2D eigenvalue weighted by Gasteiger charge is -2.28. The highest BCUT2D eigenvalue weighted by Crippen LogP contribution is 2.16. The molecular weight excluding hydrogens is 288 g/mol.